The number of hydrogen-bond donors (Lipinski definition) is 0. The Kier molecular flexibility index (Phi) is 14.7. The SMILES string of the molecule is CCCCCCOc1ccc(/C=C/C(=O)Oc2ccc(C(=O)Oc3ccc(C(=O)O[C@@H](C)CCCCCC)cc3)cc2)cc1. The third-order valence-corrected chi connectivity index (χ3v) is 6.94. The summed E-state index contributed by atoms with van der Waals surface area (Å²) in [4.78, 5) is 37.3. The molecule has 0 amide bonds. The number of rotatable bonds is 18. The molecule has 0 fully saturated rings. The lowest BCUT2D eigenvalue weighted by Crippen LogP contribution is -2.15. The van der Waals surface area contributed by atoms with E-state index in [9.17, 15) is 14.4 Å². The second kappa shape index (κ2) is 19.0. The molecule has 0 radical (unpaired) electrons. The molecule has 3 rings (SSSR count). The van der Waals surface area contributed by atoms with E-state index < -0.39 is 17.9 Å². The van der Waals surface area contributed by atoms with Crippen molar-refractivity contribution in [2.75, 3.05) is 6.61 Å². The maximum Gasteiger partial charge on any atom is 0.343 e. The van der Waals surface area contributed by atoms with Gasteiger partial charge in [-0.1, -0.05) is 64.5 Å². The van der Waals surface area contributed by atoms with Gasteiger partial charge in [0.2, 0.25) is 0 Å². The van der Waals surface area contributed by atoms with Crippen molar-refractivity contribution in [3.63, 3.8) is 0 Å². The molecular weight excluding hydrogens is 556 g/mol. The minimum atomic E-state index is -0.577. The van der Waals surface area contributed by atoms with Gasteiger partial charge in [-0.15, -0.1) is 0 Å². The van der Waals surface area contributed by atoms with Crippen LogP contribution in [0.4, 0.5) is 0 Å². The van der Waals surface area contributed by atoms with E-state index in [2.05, 4.69) is 13.8 Å². The van der Waals surface area contributed by atoms with Crippen molar-refractivity contribution in [1.29, 1.82) is 0 Å². The Morgan fingerprint density at radius 1 is 0.636 bits per heavy atom. The summed E-state index contributed by atoms with van der Waals surface area (Å²) in [6, 6.07) is 19.8. The highest BCUT2D eigenvalue weighted by molar-refractivity contribution is 5.92. The average Bonchev–Trinajstić information content (AvgIpc) is 3.03. The first-order chi connectivity index (χ1) is 21.4. The minimum Gasteiger partial charge on any atom is -0.494 e. The van der Waals surface area contributed by atoms with Crippen LogP contribution in [-0.2, 0) is 9.53 Å². The lowest BCUT2D eigenvalue weighted by Gasteiger charge is -2.13. The van der Waals surface area contributed by atoms with Gasteiger partial charge in [0.15, 0.2) is 0 Å². The van der Waals surface area contributed by atoms with Crippen molar-refractivity contribution < 1.29 is 33.3 Å². The molecule has 0 N–H and O–H groups in total. The Morgan fingerprint density at radius 3 is 1.80 bits per heavy atom. The lowest BCUT2D eigenvalue weighted by atomic mass is 10.1. The van der Waals surface area contributed by atoms with Crippen LogP contribution in [-0.4, -0.2) is 30.6 Å². The highest BCUT2D eigenvalue weighted by Crippen LogP contribution is 2.19. The van der Waals surface area contributed by atoms with Crippen LogP contribution in [0.25, 0.3) is 6.08 Å². The molecule has 234 valence electrons. The normalized spacial score (nSPS) is 11.6. The summed E-state index contributed by atoms with van der Waals surface area (Å²) in [7, 11) is 0. The zero-order valence-electron chi connectivity index (χ0n) is 26.1. The van der Waals surface area contributed by atoms with Gasteiger partial charge < -0.3 is 18.9 Å². The van der Waals surface area contributed by atoms with E-state index >= 15 is 0 Å². The van der Waals surface area contributed by atoms with E-state index in [0.717, 1.165) is 43.4 Å². The largest absolute Gasteiger partial charge is 0.494 e. The molecule has 0 bridgehead atoms. The first-order valence-corrected chi connectivity index (χ1v) is 15.6. The van der Waals surface area contributed by atoms with Crippen LogP contribution in [0, 0.1) is 0 Å². The zero-order valence-corrected chi connectivity index (χ0v) is 26.1. The van der Waals surface area contributed by atoms with Gasteiger partial charge in [0.1, 0.15) is 17.2 Å². The fourth-order valence-corrected chi connectivity index (χ4v) is 4.36. The first kappa shape index (κ1) is 34.1. The summed E-state index contributed by atoms with van der Waals surface area (Å²) in [6.45, 7) is 6.94. The predicted molar refractivity (Wildman–Crippen MR) is 172 cm³/mol. The quantitative estimate of drug-likeness (QED) is 0.0623. The van der Waals surface area contributed by atoms with Crippen molar-refractivity contribution >= 4 is 24.0 Å². The van der Waals surface area contributed by atoms with Crippen LogP contribution < -0.4 is 14.2 Å². The molecule has 44 heavy (non-hydrogen) atoms. The second-order valence-corrected chi connectivity index (χ2v) is 10.7. The van der Waals surface area contributed by atoms with Gasteiger partial charge in [-0.2, -0.15) is 0 Å². The van der Waals surface area contributed by atoms with Crippen molar-refractivity contribution in [3.8, 4) is 17.2 Å². The van der Waals surface area contributed by atoms with Gasteiger partial charge in [0, 0.05) is 6.08 Å². The van der Waals surface area contributed by atoms with Gasteiger partial charge in [0.05, 0.1) is 23.8 Å². The summed E-state index contributed by atoms with van der Waals surface area (Å²) >= 11 is 0. The predicted octanol–water partition coefficient (Wildman–Crippen LogP) is 9.00. The molecule has 0 saturated heterocycles. The van der Waals surface area contributed by atoms with E-state index in [1.54, 1.807) is 30.3 Å². The monoisotopic (exact) mass is 600 g/mol. The highest BCUT2D eigenvalue weighted by Gasteiger charge is 2.14. The number of carbonyl (C=O) groups is 3. The van der Waals surface area contributed by atoms with E-state index in [4.69, 9.17) is 18.9 Å². The average molecular weight is 601 g/mol. The molecule has 0 unspecified atom stereocenters. The van der Waals surface area contributed by atoms with E-state index in [-0.39, 0.29) is 11.7 Å². The molecule has 7 nitrogen and oxygen atoms in total. The number of esters is 3. The van der Waals surface area contributed by atoms with Crippen LogP contribution in [0.2, 0.25) is 0 Å². The van der Waals surface area contributed by atoms with Crippen LogP contribution in [0.3, 0.4) is 0 Å². The van der Waals surface area contributed by atoms with Crippen LogP contribution in [0.15, 0.2) is 78.9 Å². The summed E-state index contributed by atoms with van der Waals surface area (Å²) in [5.41, 5.74) is 1.52. The van der Waals surface area contributed by atoms with Crippen LogP contribution >= 0.6 is 0 Å². The Hall–Kier alpha value is -4.39. The van der Waals surface area contributed by atoms with Gasteiger partial charge in [0.25, 0.3) is 0 Å². The minimum absolute atomic E-state index is 0.155. The van der Waals surface area contributed by atoms with E-state index in [1.165, 1.54) is 56.0 Å². The van der Waals surface area contributed by atoms with Gasteiger partial charge in [-0.3, -0.25) is 0 Å². The smallest absolute Gasteiger partial charge is 0.343 e. The fourth-order valence-electron chi connectivity index (χ4n) is 4.36. The molecule has 0 aliphatic rings. The summed E-state index contributed by atoms with van der Waals surface area (Å²) < 4.78 is 22.0. The molecule has 0 saturated carbocycles. The molecule has 0 aliphatic heterocycles. The molecule has 0 aromatic heterocycles. The van der Waals surface area contributed by atoms with Crippen LogP contribution in [0.5, 0.6) is 17.2 Å². The standard InChI is InChI=1S/C37H44O7/c1-4-6-8-10-12-28(3)42-36(39)30-18-24-34(25-19-30)44-37(40)31-16-22-33(23-17-31)43-35(38)26-15-29-13-20-32(21-14-29)41-27-11-9-7-5-2/h13-26,28H,4-12,27H2,1-3H3/b26-15+/t28-/m0/s1. The molecule has 3 aromatic rings. The molecule has 7 heteroatoms. The Labute approximate surface area is 261 Å². The Morgan fingerprint density at radius 2 is 1.18 bits per heavy atom. The Balaban J connectivity index is 1.42. The molecule has 0 aliphatic carbocycles. The number of hydrogen-bond acceptors (Lipinski definition) is 7. The maximum absolute atomic E-state index is 12.6. The number of ether oxygens (including phenoxy) is 4. The second-order valence-electron chi connectivity index (χ2n) is 10.7. The number of carbonyl (C=O) groups excluding carboxylic acids is 3. The summed E-state index contributed by atoms with van der Waals surface area (Å²) in [5, 5.41) is 0. The molecule has 0 heterocycles. The summed E-state index contributed by atoms with van der Waals surface area (Å²) in [5.74, 6) is -0.123. The van der Waals surface area contributed by atoms with Gasteiger partial charge in [-0.25, -0.2) is 14.4 Å². The van der Waals surface area contributed by atoms with Gasteiger partial charge in [-0.05, 0) is 98.5 Å². The third kappa shape index (κ3) is 12.5. The molecule has 1 atom stereocenters. The van der Waals surface area contributed by atoms with Gasteiger partial charge >= 0.3 is 17.9 Å². The maximum atomic E-state index is 12.6. The van der Waals surface area contributed by atoms with E-state index in [1.807, 2.05) is 31.2 Å². The number of unbranched alkanes of at least 4 members (excludes halogenated alkanes) is 6. The van der Waals surface area contributed by atoms with Crippen molar-refractivity contribution in [2.24, 2.45) is 0 Å². The number of benzene rings is 3. The zero-order chi connectivity index (χ0) is 31.6. The third-order valence-electron chi connectivity index (χ3n) is 6.94. The Bertz CT molecular complexity index is 1330. The van der Waals surface area contributed by atoms with Crippen LogP contribution in [0.1, 0.15) is 105 Å². The topological polar surface area (TPSA) is 88.1 Å². The van der Waals surface area contributed by atoms with Crippen molar-refractivity contribution in [3.05, 3.63) is 95.6 Å². The van der Waals surface area contributed by atoms with Crippen molar-refractivity contribution in [1.82, 2.24) is 0 Å². The first-order valence-electron chi connectivity index (χ1n) is 15.6. The lowest BCUT2D eigenvalue weighted by molar-refractivity contribution is -0.128. The summed E-state index contributed by atoms with van der Waals surface area (Å²) in [6.07, 6.45) is 12.8. The van der Waals surface area contributed by atoms with E-state index in [0.29, 0.717) is 23.7 Å². The van der Waals surface area contributed by atoms with Crippen molar-refractivity contribution in [2.45, 2.75) is 84.7 Å². The molecular formula is C37H44O7. The highest BCUT2D eigenvalue weighted by atomic mass is 16.5. The fraction of sp³-hybridized carbons (Fsp3) is 0.378. The molecule has 3 aromatic carbocycles. The molecule has 0 spiro atoms.